The van der Waals surface area contributed by atoms with E-state index in [1.165, 1.54) is 0 Å². The third-order valence-electron chi connectivity index (χ3n) is 4.44. The molecule has 1 fully saturated rings. The largest absolute Gasteiger partial charge is 0.492 e. The van der Waals surface area contributed by atoms with E-state index in [0.29, 0.717) is 11.5 Å². The minimum absolute atomic E-state index is 0.00641. The smallest absolute Gasteiger partial charge is 0.240 e. The number of nitrogens with zero attached hydrogens (tertiary/aromatic N) is 1. The van der Waals surface area contributed by atoms with Crippen LogP contribution in [0, 0.1) is 3.57 Å². The van der Waals surface area contributed by atoms with Gasteiger partial charge in [-0.2, -0.15) is 0 Å². The molecule has 0 saturated carbocycles. The molecule has 1 aliphatic heterocycles. The summed E-state index contributed by atoms with van der Waals surface area (Å²) in [6.45, 7) is 3.24. The van der Waals surface area contributed by atoms with Gasteiger partial charge in [0, 0.05) is 16.2 Å². The van der Waals surface area contributed by atoms with Crippen LogP contribution in [0.4, 0.5) is 0 Å². The van der Waals surface area contributed by atoms with Crippen LogP contribution in [-0.2, 0) is 10.0 Å². The Balaban J connectivity index is 1.41. The minimum Gasteiger partial charge on any atom is -0.492 e. The van der Waals surface area contributed by atoms with Crippen LogP contribution in [0.25, 0.3) is 0 Å². The van der Waals surface area contributed by atoms with E-state index in [-0.39, 0.29) is 6.04 Å². The number of nitrogens with one attached hydrogen (secondary N) is 1. The molecule has 0 atom stereocenters. The molecule has 2 aromatic rings. The van der Waals surface area contributed by atoms with Gasteiger partial charge < -0.3 is 4.74 Å². The Labute approximate surface area is 168 Å². The van der Waals surface area contributed by atoms with Crippen LogP contribution in [0.1, 0.15) is 12.8 Å². The van der Waals surface area contributed by atoms with Crippen molar-refractivity contribution < 1.29 is 13.2 Å². The predicted octanol–water partition coefficient (Wildman–Crippen LogP) is 3.11. The van der Waals surface area contributed by atoms with E-state index < -0.39 is 10.0 Å². The first-order valence-corrected chi connectivity index (χ1v) is 11.3. The van der Waals surface area contributed by atoms with Crippen LogP contribution in [-0.4, -0.2) is 45.6 Å². The highest BCUT2D eigenvalue weighted by atomic mass is 127. The zero-order valence-electron chi connectivity index (χ0n) is 14.5. The number of rotatable bonds is 7. The normalized spacial score (nSPS) is 16.5. The molecular weight excluding hydrogens is 463 g/mol. The van der Waals surface area contributed by atoms with Crippen molar-refractivity contribution in [3.05, 3.63) is 58.2 Å². The fraction of sp³-hybridized carbons (Fsp3) is 0.368. The average molecular weight is 486 g/mol. The van der Waals surface area contributed by atoms with E-state index >= 15 is 0 Å². The van der Waals surface area contributed by atoms with Crippen molar-refractivity contribution in [1.29, 1.82) is 0 Å². The summed E-state index contributed by atoms with van der Waals surface area (Å²) >= 11 is 2.27. The van der Waals surface area contributed by atoms with Crippen molar-refractivity contribution in [1.82, 2.24) is 9.62 Å². The van der Waals surface area contributed by atoms with Crippen molar-refractivity contribution in [3.8, 4) is 5.75 Å². The number of hydrogen-bond donors (Lipinski definition) is 1. The third-order valence-corrected chi connectivity index (χ3v) is 6.64. The summed E-state index contributed by atoms with van der Waals surface area (Å²) < 4.78 is 34.6. The average Bonchev–Trinajstić information content (AvgIpc) is 2.64. The highest BCUT2D eigenvalue weighted by Gasteiger charge is 2.24. The van der Waals surface area contributed by atoms with Gasteiger partial charge in [0.05, 0.1) is 4.90 Å². The van der Waals surface area contributed by atoms with Gasteiger partial charge in [0.2, 0.25) is 10.0 Å². The minimum atomic E-state index is -3.43. The lowest BCUT2D eigenvalue weighted by Crippen LogP contribution is -2.45. The molecule has 26 heavy (non-hydrogen) atoms. The molecule has 0 aliphatic carbocycles. The van der Waals surface area contributed by atoms with Gasteiger partial charge in [0.1, 0.15) is 12.4 Å². The summed E-state index contributed by atoms with van der Waals surface area (Å²) in [5.41, 5.74) is 0. The Morgan fingerprint density at radius 3 is 2.50 bits per heavy atom. The van der Waals surface area contributed by atoms with Gasteiger partial charge in [0.25, 0.3) is 0 Å². The van der Waals surface area contributed by atoms with E-state index in [0.717, 1.165) is 41.8 Å². The van der Waals surface area contributed by atoms with E-state index in [4.69, 9.17) is 4.74 Å². The maximum absolute atomic E-state index is 12.4. The van der Waals surface area contributed by atoms with E-state index in [1.807, 2.05) is 30.3 Å². The molecule has 0 bridgehead atoms. The molecular formula is C19H23IN2O3S. The zero-order valence-corrected chi connectivity index (χ0v) is 17.4. The monoisotopic (exact) mass is 486 g/mol. The Kier molecular flexibility index (Phi) is 6.91. The van der Waals surface area contributed by atoms with Crippen molar-refractivity contribution in [3.63, 3.8) is 0 Å². The summed E-state index contributed by atoms with van der Waals surface area (Å²) in [4.78, 5) is 2.65. The van der Waals surface area contributed by atoms with Gasteiger partial charge in [-0.05, 0) is 78.9 Å². The van der Waals surface area contributed by atoms with Crippen molar-refractivity contribution in [2.75, 3.05) is 26.2 Å². The Hall–Kier alpha value is -1.16. The fourth-order valence-electron chi connectivity index (χ4n) is 3.01. The fourth-order valence-corrected chi connectivity index (χ4v) is 4.85. The Morgan fingerprint density at radius 2 is 1.81 bits per heavy atom. The summed E-state index contributed by atoms with van der Waals surface area (Å²) in [5, 5.41) is 0. The Bertz CT molecular complexity index is 807. The van der Waals surface area contributed by atoms with E-state index in [1.54, 1.807) is 24.3 Å². The van der Waals surface area contributed by atoms with Gasteiger partial charge in [-0.15, -0.1) is 0 Å². The second-order valence-electron chi connectivity index (χ2n) is 6.36. The number of ether oxygens (including phenoxy) is 1. The number of sulfonamides is 1. The lowest BCUT2D eigenvalue weighted by atomic mass is 10.1. The maximum atomic E-state index is 12.4. The quantitative estimate of drug-likeness (QED) is 0.612. The maximum Gasteiger partial charge on any atom is 0.240 e. The molecule has 3 rings (SSSR count). The molecule has 1 N–H and O–H groups in total. The van der Waals surface area contributed by atoms with Crippen LogP contribution in [0.5, 0.6) is 5.75 Å². The highest BCUT2D eigenvalue weighted by molar-refractivity contribution is 14.1. The molecule has 0 spiro atoms. The van der Waals surface area contributed by atoms with Crippen molar-refractivity contribution in [2.45, 2.75) is 23.8 Å². The number of piperidine rings is 1. The second kappa shape index (κ2) is 9.16. The van der Waals surface area contributed by atoms with E-state index in [2.05, 4.69) is 32.2 Å². The third kappa shape index (κ3) is 5.67. The topological polar surface area (TPSA) is 58.6 Å². The second-order valence-corrected chi connectivity index (χ2v) is 9.32. The number of halogens is 1. The standard InChI is InChI=1S/C19H23IN2O3S/c20-16-5-4-6-18(15-16)25-14-13-22-11-9-17(10-12-22)21-26(23,24)19-7-2-1-3-8-19/h1-8,15,17,21H,9-14H2. The predicted molar refractivity (Wildman–Crippen MR) is 111 cm³/mol. The molecule has 2 aromatic carbocycles. The first-order valence-electron chi connectivity index (χ1n) is 8.71. The number of hydrogen-bond acceptors (Lipinski definition) is 4. The van der Waals surface area contributed by atoms with Crippen molar-refractivity contribution in [2.24, 2.45) is 0 Å². The van der Waals surface area contributed by atoms with Crippen LogP contribution < -0.4 is 9.46 Å². The van der Waals surface area contributed by atoms with Crippen LogP contribution in [0.15, 0.2) is 59.5 Å². The molecule has 5 nitrogen and oxygen atoms in total. The molecule has 7 heteroatoms. The number of benzene rings is 2. The summed E-state index contributed by atoms with van der Waals surface area (Å²) in [6, 6.07) is 16.5. The van der Waals surface area contributed by atoms with Crippen LogP contribution in [0.3, 0.4) is 0 Å². The molecule has 0 amide bonds. The first-order chi connectivity index (χ1) is 12.5. The van der Waals surface area contributed by atoms with Gasteiger partial charge in [-0.1, -0.05) is 24.3 Å². The molecule has 1 heterocycles. The molecule has 0 unspecified atom stereocenters. The van der Waals surface area contributed by atoms with Gasteiger partial charge in [-0.3, -0.25) is 4.90 Å². The van der Waals surface area contributed by atoms with Gasteiger partial charge >= 0.3 is 0 Å². The SMILES string of the molecule is O=S(=O)(NC1CCN(CCOc2cccc(I)c2)CC1)c1ccccc1. The van der Waals surface area contributed by atoms with Crippen molar-refractivity contribution >= 4 is 32.6 Å². The van der Waals surface area contributed by atoms with E-state index in [9.17, 15) is 8.42 Å². The lowest BCUT2D eigenvalue weighted by molar-refractivity contribution is 0.170. The molecule has 1 saturated heterocycles. The lowest BCUT2D eigenvalue weighted by Gasteiger charge is -2.32. The summed E-state index contributed by atoms with van der Waals surface area (Å²) in [5.74, 6) is 0.891. The number of likely N-dealkylation sites (tertiary alicyclic amines) is 1. The Morgan fingerprint density at radius 1 is 1.08 bits per heavy atom. The summed E-state index contributed by atoms with van der Waals surface area (Å²) in [6.07, 6.45) is 1.63. The molecule has 140 valence electrons. The molecule has 0 aromatic heterocycles. The molecule has 1 aliphatic rings. The molecule has 0 radical (unpaired) electrons. The van der Waals surface area contributed by atoms with Crippen LogP contribution in [0.2, 0.25) is 0 Å². The first kappa shape index (κ1) is 19.6. The van der Waals surface area contributed by atoms with Crippen LogP contribution >= 0.6 is 22.6 Å². The van der Waals surface area contributed by atoms with Gasteiger partial charge in [-0.25, -0.2) is 13.1 Å². The highest BCUT2D eigenvalue weighted by Crippen LogP contribution is 2.16. The summed E-state index contributed by atoms with van der Waals surface area (Å²) in [7, 11) is -3.43. The van der Waals surface area contributed by atoms with Gasteiger partial charge in [0.15, 0.2) is 0 Å². The zero-order chi connectivity index (χ0) is 18.4.